The molecular weight excluding hydrogens is 351 g/mol. The number of aryl methyl sites for hydroxylation is 1. The molecule has 0 aliphatic carbocycles. The highest BCUT2D eigenvalue weighted by Gasteiger charge is 2.20. The molecule has 0 N–H and O–H groups in total. The standard InChI is InChI=1S/C25H27FO2/c1-25(2,20-9-13-22(27-3)14-10-20)17-5-7-19-6-4-8-24(18-19)28-23-15-11-21(26)12-16-23/h4,6,8-16,18H,5,7,17H2,1-3H3. The monoisotopic (exact) mass is 378 g/mol. The number of benzene rings is 3. The molecule has 0 atom stereocenters. The summed E-state index contributed by atoms with van der Waals surface area (Å²) in [5.74, 6) is 2.04. The van der Waals surface area contributed by atoms with Gasteiger partial charge in [-0.3, -0.25) is 0 Å². The van der Waals surface area contributed by atoms with E-state index in [-0.39, 0.29) is 11.2 Å². The summed E-state index contributed by atoms with van der Waals surface area (Å²) in [6.07, 6.45) is 3.15. The van der Waals surface area contributed by atoms with Crippen LogP contribution in [0.2, 0.25) is 0 Å². The first kappa shape index (κ1) is 19.9. The molecule has 0 amide bonds. The van der Waals surface area contributed by atoms with Gasteiger partial charge >= 0.3 is 0 Å². The van der Waals surface area contributed by atoms with Gasteiger partial charge in [0.05, 0.1) is 7.11 Å². The SMILES string of the molecule is COc1ccc(C(C)(C)CCCc2cccc(Oc3ccc(F)cc3)c2)cc1. The summed E-state index contributed by atoms with van der Waals surface area (Å²) in [4.78, 5) is 0. The van der Waals surface area contributed by atoms with E-state index in [1.807, 2.05) is 24.3 Å². The van der Waals surface area contributed by atoms with E-state index in [0.717, 1.165) is 30.8 Å². The van der Waals surface area contributed by atoms with Gasteiger partial charge in [0.25, 0.3) is 0 Å². The van der Waals surface area contributed by atoms with Crippen molar-refractivity contribution >= 4 is 0 Å². The van der Waals surface area contributed by atoms with E-state index in [2.05, 4.69) is 38.1 Å². The highest BCUT2D eigenvalue weighted by atomic mass is 19.1. The van der Waals surface area contributed by atoms with Crippen LogP contribution in [0.3, 0.4) is 0 Å². The largest absolute Gasteiger partial charge is 0.497 e. The Kier molecular flexibility index (Phi) is 6.35. The third kappa shape index (κ3) is 5.35. The lowest BCUT2D eigenvalue weighted by molar-refractivity contribution is 0.413. The van der Waals surface area contributed by atoms with Crippen molar-refractivity contribution in [3.8, 4) is 17.2 Å². The van der Waals surface area contributed by atoms with E-state index in [0.29, 0.717) is 5.75 Å². The van der Waals surface area contributed by atoms with Gasteiger partial charge in [0.1, 0.15) is 23.1 Å². The molecule has 3 aromatic rings. The summed E-state index contributed by atoms with van der Waals surface area (Å²) >= 11 is 0. The first-order chi connectivity index (χ1) is 13.5. The maximum Gasteiger partial charge on any atom is 0.127 e. The third-order valence-electron chi connectivity index (χ3n) is 5.09. The molecule has 0 fully saturated rings. The predicted molar refractivity (Wildman–Crippen MR) is 112 cm³/mol. The highest BCUT2D eigenvalue weighted by molar-refractivity contribution is 5.34. The van der Waals surface area contributed by atoms with Gasteiger partial charge in [-0.15, -0.1) is 0 Å². The second-order valence-electron chi connectivity index (χ2n) is 7.67. The van der Waals surface area contributed by atoms with Crippen LogP contribution in [-0.2, 0) is 11.8 Å². The average molecular weight is 378 g/mol. The smallest absolute Gasteiger partial charge is 0.127 e. The van der Waals surface area contributed by atoms with Crippen LogP contribution in [0, 0.1) is 5.82 Å². The second-order valence-corrected chi connectivity index (χ2v) is 7.67. The van der Waals surface area contributed by atoms with E-state index >= 15 is 0 Å². The van der Waals surface area contributed by atoms with Crippen LogP contribution in [0.1, 0.15) is 37.8 Å². The quantitative estimate of drug-likeness (QED) is 0.423. The van der Waals surface area contributed by atoms with Crippen LogP contribution >= 0.6 is 0 Å². The molecule has 0 aromatic heterocycles. The zero-order chi connectivity index (χ0) is 20.0. The van der Waals surface area contributed by atoms with Gasteiger partial charge in [0, 0.05) is 0 Å². The van der Waals surface area contributed by atoms with E-state index in [1.165, 1.54) is 23.3 Å². The molecule has 0 unspecified atom stereocenters. The molecule has 0 spiro atoms. The molecule has 3 rings (SSSR count). The van der Waals surface area contributed by atoms with Gasteiger partial charge in [-0.1, -0.05) is 38.1 Å². The Labute approximate surface area is 166 Å². The van der Waals surface area contributed by atoms with Crippen LogP contribution in [0.5, 0.6) is 17.2 Å². The Balaban J connectivity index is 1.57. The van der Waals surface area contributed by atoms with Crippen LogP contribution in [-0.4, -0.2) is 7.11 Å². The molecule has 2 nitrogen and oxygen atoms in total. The molecule has 0 heterocycles. The second kappa shape index (κ2) is 8.92. The lowest BCUT2D eigenvalue weighted by Crippen LogP contribution is -2.17. The van der Waals surface area contributed by atoms with Crippen molar-refractivity contribution in [1.29, 1.82) is 0 Å². The maximum atomic E-state index is 13.0. The molecule has 0 aliphatic rings. The molecule has 0 saturated carbocycles. The fourth-order valence-electron chi connectivity index (χ4n) is 3.32. The Bertz CT molecular complexity index is 883. The number of hydrogen-bond donors (Lipinski definition) is 0. The predicted octanol–water partition coefficient (Wildman–Crippen LogP) is 6.93. The minimum atomic E-state index is -0.263. The van der Waals surface area contributed by atoms with Crippen molar-refractivity contribution in [2.45, 2.75) is 38.5 Å². The molecule has 146 valence electrons. The Morgan fingerprint density at radius 1 is 0.821 bits per heavy atom. The summed E-state index contributed by atoms with van der Waals surface area (Å²) in [6, 6.07) is 22.5. The zero-order valence-corrected chi connectivity index (χ0v) is 16.7. The summed E-state index contributed by atoms with van der Waals surface area (Å²) in [5, 5.41) is 0. The third-order valence-corrected chi connectivity index (χ3v) is 5.09. The van der Waals surface area contributed by atoms with Gasteiger partial charge in [0.15, 0.2) is 0 Å². The van der Waals surface area contributed by atoms with E-state index in [1.54, 1.807) is 19.2 Å². The van der Waals surface area contributed by atoms with E-state index < -0.39 is 0 Å². The van der Waals surface area contributed by atoms with Crippen LogP contribution < -0.4 is 9.47 Å². The summed E-state index contributed by atoms with van der Waals surface area (Å²) in [6.45, 7) is 4.56. The van der Waals surface area contributed by atoms with Gasteiger partial charge in [-0.05, 0) is 84.3 Å². The Morgan fingerprint density at radius 3 is 2.18 bits per heavy atom. The van der Waals surface area contributed by atoms with Crippen molar-refractivity contribution in [3.05, 3.63) is 89.7 Å². The molecule has 0 bridgehead atoms. The van der Waals surface area contributed by atoms with E-state index in [4.69, 9.17) is 9.47 Å². The lowest BCUT2D eigenvalue weighted by atomic mass is 9.80. The molecule has 3 heteroatoms. The van der Waals surface area contributed by atoms with Gasteiger partial charge in [-0.25, -0.2) is 4.39 Å². The summed E-state index contributed by atoms with van der Waals surface area (Å²) in [5.41, 5.74) is 2.67. The lowest BCUT2D eigenvalue weighted by Gasteiger charge is -2.25. The van der Waals surface area contributed by atoms with Crippen LogP contribution in [0.15, 0.2) is 72.8 Å². The van der Waals surface area contributed by atoms with Gasteiger partial charge < -0.3 is 9.47 Å². The molecule has 0 saturated heterocycles. The van der Waals surface area contributed by atoms with Gasteiger partial charge in [0.2, 0.25) is 0 Å². The van der Waals surface area contributed by atoms with Crippen LogP contribution in [0.25, 0.3) is 0 Å². The molecule has 28 heavy (non-hydrogen) atoms. The average Bonchev–Trinajstić information content (AvgIpc) is 2.70. The number of halogens is 1. The molecule has 0 radical (unpaired) electrons. The minimum absolute atomic E-state index is 0.106. The van der Waals surface area contributed by atoms with Crippen molar-refractivity contribution in [2.75, 3.05) is 7.11 Å². The fraction of sp³-hybridized carbons (Fsp3) is 0.280. The van der Waals surface area contributed by atoms with E-state index in [9.17, 15) is 4.39 Å². The highest BCUT2D eigenvalue weighted by Crippen LogP contribution is 2.31. The van der Waals surface area contributed by atoms with Crippen molar-refractivity contribution in [1.82, 2.24) is 0 Å². The Hall–Kier alpha value is -2.81. The normalized spacial score (nSPS) is 11.3. The Morgan fingerprint density at radius 2 is 1.50 bits per heavy atom. The van der Waals surface area contributed by atoms with Crippen molar-refractivity contribution in [3.63, 3.8) is 0 Å². The van der Waals surface area contributed by atoms with Crippen LogP contribution in [0.4, 0.5) is 4.39 Å². The summed E-state index contributed by atoms with van der Waals surface area (Å²) < 4.78 is 24.1. The molecule has 0 aliphatic heterocycles. The fourth-order valence-corrected chi connectivity index (χ4v) is 3.32. The number of hydrogen-bond acceptors (Lipinski definition) is 2. The number of rotatable bonds is 8. The minimum Gasteiger partial charge on any atom is -0.497 e. The summed E-state index contributed by atoms with van der Waals surface area (Å²) in [7, 11) is 1.69. The van der Waals surface area contributed by atoms with Crippen molar-refractivity contribution in [2.24, 2.45) is 0 Å². The van der Waals surface area contributed by atoms with Crippen molar-refractivity contribution < 1.29 is 13.9 Å². The first-order valence-electron chi connectivity index (χ1n) is 9.63. The maximum absolute atomic E-state index is 13.0. The molecule has 3 aromatic carbocycles. The number of ether oxygens (including phenoxy) is 2. The van der Waals surface area contributed by atoms with Gasteiger partial charge in [-0.2, -0.15) is 0 Å². The zero-order valence-electron chi connectivity index (χ0n) is 16.7. The first-order valence-corrected chi connectivity index (χ1v) is 9.63. The molecular formula is C25H27FO2. The number of methoxy groups -OCH3 is 1. The topological polar surface area (TPSA) is 18.5 Å².